The number of fused-ring (bicyclic) bond motifs is 3. The van der Waals surface area contributed by atoms with E-state index in [1.165, 1.54) is 6.20 Å². The number of carbonyl (C=O) groups excluding carboxylic acids is 5. The molecule has 274 valence electrons. The maximum Gasteiger partial charge on any atom is 0.262 e. The summed E-state index contributed by atoms with van der Waals surface area (Å²) >= 11 is 0. The Balaban J connectivity index is 0.783. The second kappa shape index (κ2) is 13.3. The lowest BCUT2D eigenvalue weighted by molar-refractivity contribution is -0.424. The van der Waals surface area contributed by atoms with Gasteiger partial charge in [-0.1, -0.05) is 4.68 Å². The van der Waals surface area contributed by atoms with E-state index >= 15 is 0 Å². The van der Waals surface area contributed by atoms with Gasteiger partial charge in [0, 0.05) is 54.7 Å². The van der Waals surface area contributed by atoms with Crippen LogP contribution in [0.25, 0.3) is 11.8 Å². The van der Waals surface area contributed by atoms with Crippen molar-refractivity contribution >= 4 is 59.0 Å². The van der Waals surface area contributed by atoms with Crippen LogP contribution in [0.5, 0.6) is 5.75 Å². The molecule has 2 aromatic heterocycles. The van der Waals surface area contributed by atoms with Gasteiger partial charge >= 0.3 is 0 Å². The van der Waals surface area contributed by atoms with Gasteiger partial charge < -0.3 is 19.7 Å². The lowest BCUT2D eigenvalue weighted by atomic mass is 9.88. The van der Waals surface area contributed by atoms with E-state index in [0.29, 0.717) is 41.7 Å². The minimum absolute atomic E-state index is 0.0614. The van der Waals surface area contributed by atoms with Crippen molar-refractivity contribution in [3.8, 4) is 5.75 Å². The smallest absolute Gasteiger partial charge is 0.262 e. The van der Waals surface area contributed by atoms with Gasteiger partial charge in [-0.15, -0.1) is 0 Å². The Labute approximate surface area is 307 Å². The van der Waals surface area contributed by atoms with Gasteiger partial charge in [-0.25, -0.2) is 9.50 Å². The summed E-state index contributed by atoms with van der Waals surface area (Å²) in [4.78, 5) is 70.8. The number of aromatic nitrogens is 3. The first-order valence-corrected chi connectivity index (χ1v) is 18.0. The molecule has 1 aliphatic carbocycles. The standard InChI is InChI=1S/C38H35N9O7/c1-53-32-15-29-22(13-30(32)41-35(49)28-16-40-46-12-2-11-39-34(28)46)18-45(43-29)17-21-3-6-24(7-4-21)54-25-19-44(20-25)23-5-8-26-27(14-23)38(52)47(37(26)51)31-9-10-33(48)42-36(31)50/h2,5,8,11-18,21,24-25,31H,3-4,6-7,9-10,19-20H2,1H3,(H-,41,42,48,49,50)/p+1/b45-17-. The number of rotatable bonds is 8. The molecule has 5 amide bonds. The molecule has 9 rings (SSSR count). The van der Waals surface area contributed by atoms with Gasteiger partial charge in [-0.3, -0.25) is 34.2 Å². The van der Waals surface area contributed by atoms with E-state index in [-0.39, 0.29) is 42.1 Å². The Morgan fingerprint density at radius 1 is 1.00 bits per heavy atom. The van der Waals surface area contributed by atoms with E-state index in [1.807, 2.05) is 29.1 Å². The Morgan fingerprint density at radius 2 is 1.81 bits per heavy atom. The fourth-order valence-corrected chi connectivity index (χ4v) is 7.84. The molecular weight excluding hydrogens is 694 g/mol. The van der Waals surface area contributed by atoms with Crippen molar-refractivity contribution in [3.05, 3.63) is 82.3 Å². The van der Waals surface area contributed by atoms with Crippen LogP contribution in [0.2, 0.25) is 0 Å². The molecule has 6 heterocycles. The third kappa shape index (κ3) is 5.97. The van der Waals surface area contributed by atoms with Crippen LogP contribution >= 0.6 is 0 Å². The number of hydrogen-bond donors (Lipinski definition) is 2. The van der Waals surface area contributed by atoms with Gasteiger partial charge in [0.25, 0.3) is 17.7 Å². The number of hydrogen-bond acceptors (Lipinski definition) is 11. The van der Waals surface area contributed by atoms with Crippen molar-refractivity contribution in [3.63, 3.8) is 0 Å². The first-order chi connectivity index (χ1) is 26.2. The molecule has 1 saturated carbocycles. The zero-order chi connectivity index (χ0) is 37.1. The van der Waals surface area contributed by atoms with Crippen molar-refractivity contribution in [2.75, 3.05) is 30.4 Å². The van der Waals surface area contributed by atoms with Crippen LogP contribution in [0, 0.1) is 5.92 Å². The van der Waals surface area contributed by atoms with Gasteiger partial charge in [0.15, 0.2) is 11.9 Å². The highest BCUT2D eigenvalue weighted by Gasteiger charge is 2.45. The van der Waals surface area contributed by atoms with Gasteiger partial charge in [0.2, 0.25) is 18.0 Å². The third-order valence-electron chi connectivity index (χ3n) is 10.7. The van der Waals surface area contributed by atoms with E-state index in [4.69, 9.17) is 14.6 Å². The van der Waals surface area contributed by atoms with Gasteiger partial charge in [0.05, 0.1) is 47.5 Å². The fraction of sp³-hybridized carbons (Fsp3) is 0.342. The molecule has 3 fully saturated rings. The number of nitrogens with one attached hydrogen (secondary N) is 2. The molecule has 1 unspecified atom stereocenters. The Kier molecular flexibility index (Phi) is 8.25. The second-order valence-corrected chi connectivity index (χ2v) is 14.1. The van der Waals surface area contributed by atoms with Crippen molar-refractivity contribution in [1.82, 2.24) is 24.8 Å². The van der Waals surface area contributed by atoms with Gasteiger partial charge in [-0.2, -0.15) is 5.10 Å². The molecule has 0 bridgehead atoms. The molecule has 4 aliphatic heterocycles. The maximum atomic E-state index is 13.2. The zero-order valence-corrected chi connectivity index (χ0v) is 29.3. The number of ether oxygens (including phenoxy) is 2. The summed E-state index contributed by atoms with van der Waals surface area (Å²) in [6, 6.07) is 9.60. The Bertz CT molecular complexity index is 2430. The number of nitrogens with zero attached hydrogens (tertiary/aromatic N) is 7. The van der Waals surface area contributed by atoms with E-state index in [0.717, 1.165) is 46.8 Å². The lowest BCUT2D eigenvalue weighted by Crippen LogP contribution is -2.54. The van der Waals surface area contributed by atoms with Crippen LogP contribution in [-0.2, 0) is 14.3 Å². The minimum Gasteiger partial charge on any atom is -0.494 e. The Morgan fingerprint density at radius 3 is 2.61 bits per heavy atom. The molecule has 0 spiro atoms. The average Bonchev–Trinajstić information content (AvgIpc) is 3.83. The first kappa shape index (κ1) is 33.5. The summed E-state index contributed by atoms with van der Waals surface area (Å²) in [5, 5.41) is 15.7. The molecule has 2 saturated heterocycles. The predicted octanol–water partition coefficient (Wildman–Crippen LogP) is 1.23. The normalized spacial score (nSPS) is 23.1. The first-order valence-electron chi connectivity index (χ1n) is 18.0. The number of anilines is 2. The topological polar surface area (TPSA) is 180 Å². The maximum absolute atomic E-state index is 13.2. The molecule has 16 heteroatoms. The molecule has 5 aliphatic rings. The van der Waals surface area contributed by atoms with Crippen LogP contribution in [0.4, 0.5) is 11.4 Å². The van der Waals surface area contributed by atoms with Crippen LogP contribution in [0.3, 0.4) is 0 Å². The number of methoxy groups -OCH3 is 1. The van der Waals surface area contributed by atoms with Crippen LogP contribution in [0.1, 0.15) is 69.6 Å². The summed E-state index contributed by atoms with van der Waals surface area (Å²) in [6.07, 6.45) is 13.1. The molecule has 16 nitrogen and oxygen atoms in total. The summed E-state index contributed by atoms with van der Waals surface area (Å²) in [7, 11) is 1.55. The zero-order valence-electron chi connectivity index (χ0n) is 29.3. The second-order valence-electron chi connectivity index (χ2n) is 14.1. The molecule has 4 aromatic rings. The lowest BCUT2D eigenvalue weighted by Gasteiger charge is -2.43. The van der Waals surface area contributed by atoms with Crippen molar-refractivity contribution in [2.45, 2.75) is 56.8 Å². The third-order valence-corrected chi connectivity index (χ3v) is 10.7. The largest absolute Gasteiger partial charge is 0.494 e. The molecule has 2 aromatic carbocycles. The highest BCUT2D eigenvalue weighted by Crippen LogP contribution is 2.34. The van der Waals surface area contributed by atoms with Crippen molar-refractivity contribution in [2.24, 2.45) is 11.0 Å². The number of carbonyl (C=O) groups is 5. The number of imide groups is 2. The van der Waals surface area contributed by atoms with E-state index in [2.05, 4.69) is 31.8 Å². The molecule has 54 heavy (non-hydrogen) atoms. The van der Waals surface area contributed by atoms with Crippen molar-refractivity contribution in [1.29, 1.82) is 0 Å². The number of amides is 5. The van der Waals surface area contributed by atoms with Gasteiger partial charge in [-0.05, 0) is 62.4 Å². The quantitative estimate of drug-likeness (QED) is 0.198. The summed E-state index contributed by atoms with van der Waals surface area (Å²) in [6.45, 7) is 1.34. The summed E-state index contributed by atoms with van der Waals surface area (Å²) in [5.74, 6) is -1.57. The van der Waals surface area contributed by atoms with E-state index < -0.39 is 29.7 Å². The predicted molar refractivity (Wildman–Crippen MR) is 191 cm³/mol. The fourth-order valence-electron chi connectivity index (χ4n) is 7.84. The molecular formula is C38H36N9O7+. The number of piperidine rings is 1. The van der Waals surface area contributed by atoms with Crippen LogP contribution < -0.4 is 30.8 Å². The minimum atomic E-state index is -0.987. The van der Waals surface area contributed by atoms with Crippen LogP contribution in [0.15, 0.2) is 60.1 Å². The monoisotopic (exact) mass is 730 g/mol. The molecule has 0 radical (unpaired) electrons. The molecule has 2 N–H and O–H groups in total. The van der Waals surface area contributed by atoms with Crippen LogP contribution in [-0.4, -0.2) is 98.4 Å². The van der Waals surface area contributed by atoms with Gasteiger partial charge in [0.1, 0.15) is 22.7 Å². The van der Waals surface area contributed by atoms with E-state index in [9.17, 15) is 24.0 Å². The summed E-state index contributed by atoms with van der Waals surface area (Å²) < 4.78 is 15.4. The summed E-state index contributed by atoms with van der Waals surface area (Å²) in [5.41, 5.74) is 2.70. The average molecular weight is 731 g/mol. The molecule has 1 atom stereocenters. The van der Waals surface area contributed by atoms with Crippen molar-refractivity contribution < 1.29 is 38.1 Å². The highest BCUT2D eigenvalue weighted by atomic mass is 16.5. The Hall–Kier alpha value is -6.29. The SMILES string of the molecule is COc1cc2c(cc1NC(=O)c1cnn3cccnc13)=C/[N+](=C/C1CCC(OC3CN(c4ccc5c(c4)C(=O)N(C4CCC(=O)NC4=O)C5=O)C3)CC1)N=2. The van der Waals surface area contributed by atoms with E-state index in [1.54, 1.807) is 42.2 Å². The number of benzene rings is 2. The highest BCUT2D eigenvalue weighted by molar-refractivity contribution is 6.23.